The Labute approximate surface area is 279 Å². The molecule has 4 aliphatic rings. The van der Waals surface area contributed by atoms with Crippen molar-refractivity contribution in [1.82, 2.24) is 29.8 Å². The lowest BCUT2D eigenvalue weighted by atomic mass is 9.63. The van der Waals surface area contributed by atoms with Crippen molar-refractivity contribution in [3.8, 4) is 17.6 Å². The third-order valence-electron chi connectivity index (χ3n) is 11.7. The molecule has 1 spiro atoms. The Morgan fingerprint density at radius 3 is 2.74 bits per heavy atom. The van der Waals surface area contributed by atoms with Gasteiger partial charge in [-0.05, 0) is 104 Å². The molecule has 2 aliphatic heterocycles. The first kappa shape index (κ1) is 30.8. The summed E-state index contributed by atoms with van der Waals surface area (Å²) in [7, 11) is 2.19. The van der Waals surface area contributed by atoms with Gasteiger partial charge in [0.25, 0.3) is 0 Å². The molecule has 3 N–H and O–H groups in total. The first-order chi connectivity index (χ1) is 22.7. The number of piperidine rings is 1. The van der Waals surface area contributed by atoms with Crippen LogP contribution in [-0.2, 0) is 18.3 Å². The second-order valence-corrected chi connectivity index (χ2v) is 15.9. The summed E-state index contributed by atoms with van der Waals surface area (Å²) in [6.07, 6.45) is 12.3. The molecule has 11 nitrogen and oxygen atoms in total. The van der Waals surface area contributed by atoms with Crippen LogP contribution in [-0.4, -0.2) is 72.7 Å². The summed E-state index contributed by atoms with van der Waals surface area (Å²) in [5.41, 5.74) is 9.32. The highest BCUT2D eigenvalue weighted by Crippen LogP contribution is 2.55. The van der Waals surface area contributed by atoms with E-state index in [-0.39, 0.29) is 12.1 Å². The SMILES string of the molecule is CCC1CCC(C)(O)CN1c1nc(-c2noc3c2CCCC32CCCc3sc(N)c(C#N)c32)nc2c1cnn2C(C)C1CCCN1C. The number of aromatic nitrogens is 5. The van der Waals surface area contributed by atoms with E-state index < -0.39 is 11.0 Å². The lowest BCUT2D eigenvalue weighted by Gasteiger charge is -2.43. The van der Waals surface area contributed by atoms with Crippen LogP contribution in [0.15, 0.2) is 10.7 Å². The molecule has 0 saturated carbocycles. The number of hydrogen-bond acceptors (Lipinski definition) is 11. The smallest absolute Gasteiger partial charge is 0.186 e. The fourth-order valence-electron chi connectivity index (χ4n) is 9.34. The Hall–Kier alpha value is -3.53. The monoisotopic (exact) mass is 655 g/mol. The van der Waals surface area contributed by atoms with Gasteiger partial charge in [-0.1, -0.05) is 12.1 Å². The molecule has 12 heteroatoms. The molecule has 0 aromatic carbocycles. The van der Waals surface area contributed by atoms with E-state index >= 15 is 0 Å². The van der Waals surface area contributed by atoms with Gasteiger partial charge in [-0.25, -0.2) is 14.6 Å². The number of rotatable bonds is 5. The van der Waals surface area contributed by atoms with E-state index in [2.05, 4.69) is 41.4 Å². The molecule has 0 radical (unpaired) electrons. The number of aliphatic hydroxyl groups is 1. The number of nitrogen functional groups attached to an aromatic ring is 1. The number of aryl methyl sites for hydroxylation is 1. The van der Waals surface area contributed by atoms with Crippen LogP contribution < -0.4 is 10.6 Å². The van der Waals surface area contributed by atoms with Crippen LogP contribution >= 0.6 is 11.3 Å². The highest BCUT2D eigenvalue weighted by atomic mass is 32.1. The van der Waals surface area contributed by atoms with Gasteiger partial charge in [0.2, 0.25) is 0 Å². The number of nitriles is 1. The number of nitrogens with zero attached hydrogens (tertiary/aromatic N) is 8. The molecule has 4 aromatic heterocycles. The van der Waals surface area contributed by atoms with Crippen molar-refractivity contribution in [3.05, 3.63) is 33.5 Å². The van der Waals surface area contributed by atoms with Crippen molar-refractivity contribution in [1.29, 1.82) is 5.26 Å². The zero-order valence-corrected chi connectivity index (χ0v) is 28.7. The van der Waals surface area contributed by atoms with Crippen LogP contribution in [0.25, 0.3) is 22.6 Å². The first-order valence-corrected chi connectivity index (χ1v) is 18.2. The molecule has 0 bridgehead atoms. The molecule has 2 aliphatic carbocycles. The van der Waals surface area contributed by atoms with Gasteiger partial charge in [-0.2, -0.15) is 10.4 Å². The molecular weight excluding hydrogens is 611 g/mol. The lowest BCUT2D eigenvalue weighted by molar-refractivity contribution is 0.0359. The van der Waals surface area contributed by atoms with Crippen molar-refractivity contribution in [2.24, 2.45) is 0 Å². The van der Waals surface area contributed by atoms with Crippen molar-refractivity contribution < 1.29 is 9.63 Å². The van der Waals surface area contributed by atoms with Gasteiger partial charge in [-0.15, -0.1) is 11.3 Å². The number of hydrogen-bond donors (Lipinski definition) is 2. The van der Waals surface area contributed by atoms with Crippen LogP contribution in [0.3, 0.4) is 0 Å². The van der Waals surface area contributed by atoms with Gasteiger partial charge in [0, 0.05) is 29.1 Å². The Morgan fingerprint density at radius 2 is 2.00 bits per heavy atom. The molecule has 2 saturated heterocycles. The Kier molecular flexibility index (Phi) is 7.39. The van der Waals surface area contributed by atoms with E-state index in [0.717, 1.165) is 104 Å². The summed E-state index contributed by atoms with van der Waals surface area (Å²) in [6, 6.07) is 3.15. The van der Waals surface area contributed by atoms with E-state index in [4.69, 9.17) is 30.5 Å². The summed E-state index contributed by atoms with van der Waals surface area (Å²) in [4.78, 5) is 16.4. The van der Waals surface area contributed by atoms with Crippen LogP contribution in [0.5, 0.6) is 0 Å². The topological polar surface area (TPSA) is 146 Å². The number of likely N-dealkylation sites (N-methyl/N-ethyl adjacent to an activating group) is 1. The summed E-state index contributed by atoms with van der Waals surface area (Å²) >= 11 is 1.55. The molecule has 47 heavy (non-hydrogen) atoms. The zero-order valence-electron chi connectivity index (χ0n) is 27.9. The van der Waals surface area contributed by atoms with Gasteiger partial charge < -0.3 is 25.2 Å². The van der Waals surface area contributed by atoms with Gasteiger partial charge >= 0.3 is 0 Å². The van der Waals surface area contributed by atoms with Crippen molar-refractivity contribution in [2.75, 3.05) is 30.8 Å². The molecule has 6 heterocycles. The quantitative estimate of drug-likeness (QED) is 0.273. The van der Waals surface area contributed by atoms with Gasteiger partial charge in [0.1, 0.15) is 16.9 Å². The molecule has 4 aromatic rings. The minimum Gasteiger partial charge on any atom is -0.389 e. The van der Waals surface area contributed by atoms with E-state index in [9.17, 15) is 10.4 Å². The largest absolute Gasteiger partial charge is 0.389 e. The maximum absolute atomic E-state index is 11.3. The lowest BCUT2D eigenvalue weighted by Crippen LogP contribution is -2.51. The number of likely N-dealkylation sites (tertiary alicyclic amines) is 1. The second-order valence-electron chi connectivity index (χ2n) is 14.7. The minimum absolute atomic E-state index is 0.116. The Balaban J connectivity index is 1.31. The Morgan fingerprint density at radius 1 is 1.19 bits per heavy atom. The number of thiophene rings is 1. The normalized spacial score (nSPS) is 28.5. The zero-order chi connectivity index (χ0) is 32.7. The third kappa shape index (κ3) is 4.71. The number of nitrogens with two attached hydrogens (primary N) is 1. The van der Waals surface area contributed by atoms with Crippen LogP contribution in [0.1, 0.15) is 112 Å². The molecule has 5 unspecified atom stereocenters. The van der Waals surface area contributed by atoms with Gasteiger partial charge in [0.15, 0.2) is 22.9 Å². The van der Waals surface area contributed by atoms with Crippen molar-refractivity contribution in [3.63, 3.8) is 0 Å². The number of fused-ring (bicyclic) bond motifs is 5. The van der Waals surface area contributed by atoms with Gasteiger partial charge in [0.05, 0.1) is 34.2 Å². The maximum atomic E-state index is 11.3. The summed E-state index contributed by atoms with van der Waals surface area (Å²) in [5, 5.41) is 32.6. The van der Waals surface area contributed by atoms with E-state index in [0.29, 0.717) is 34.7 Å². The Bertz CT molecular complexity index is 1880. The summed E-state index contributed by atoms with van der Waals surface area (Å²) < 4.78 is 8.45. The van der Waals surface area contributed by atoms with Crippen molar-refractivity contribution >= 4 is 33.2 Å². The highest BCUT2D eigenvalue weighted by Gasteiger charge is 2.49. The molecule has 2 fully saturated rings. The standard InChI is InChI=1S/C35H45N9O2S/c1-5-21-12-15-34(3,45)19-43(21)32-24-18-38-44(20(2)25-10-8-16-42(25)4)33(24)40-31(39-32)28-22-9-6-13-35(29(22)46-41-28)14-7-11-26-27(35)23(17-36)30(37)47-26/h18,20-21,25,45H,5-16,19,37H2,1-4H3. The fourth-order valence-corrected chi connectivity index (χ4v) is 10.5. The highest BCUT2D eigenvalue weighted by molar-refractivity contribution is 7.16. The van der Waals surface area contributed by atoms with Crippen LogP contribution in [0, 0.1) is 11.3 Å². The van der Waals surface area contributed by atoms with E-state index in [1.54, 1.807) is 11.3 Å². The van der Waals surface area contributed by atoms with E-state index in [1.165, 1.54) is 11.3 Å². The predicted octanol–water partition coefficient (Wildman–Crippen LogP) is 5.74. The average Bonchev–Trinajstić information content (AvgIpc) is 3.85. The third-order valence-corrected chi connectivity index (χ3v) is 12.8. The number of anilines is 2. The van der Waals surface area contributed by atoms with Gasteiger partial charge in [-0.3, -0.25) is 0 Å². The van der Waals surface area contributed by atoms with Crippen LogP contribution in [0.2, 0.25) is 0 Å². The summed E-state index contributed by atoms with van der Waals surface area (Å²) in [6.45, 7) is 7.94. The number of β-amino-alcohol motifs (C(OH)–C–C–N with tert-alkyl or cyclic N) is 1. The van der Waals surface area contributed by atoms with Crippen LogP contribution in [0.4, 0.5) is 10.8 Å². The molecule has 8 rings (SSSR count). The first-order valence-electron chi connectivity index (χ1n) is 17.4. The molecular formula is C35H45N9O2S. The molecule has 0 amide bonds. The second kappa shape index (κ2) is 11.3. The predicted molar refractivity (Wildman–Crippen MR) is 183 cm³/mol. The maximum Gasteiger partial charge on any atom is 0.186 e. The summed E-state index contributed by atoms with van der Waals surface area (Å²) in [5.74, 6) is 2.18. The van der Waals surface area contributed by atoms with Crippen molar-refractivity contribution in [2.45, 2.75) is 121 Å². The molecule has 5 atom stereocenters. The average molecular weight is 656 g/mol. The minimum atomic E-state index is -0.822. The molecule has 248 valence electrons. The van der Waals surface area contributed by atoms with E-state index in [1.807, 2.05) is 13.1 Å². The fraction of sp³-hybridized carbons (Fsp3) is 0.629.